The average Bonchev–Trinajstić information content (AvgIpc) is 2.33. The number of carbonyl (C=O) groups excluding carboxylic acids is 1. The van der Waals surface area contributed by atoms with E-state index in [-0.39, 0.29) is 11.3 Å². The van der Waals surface area contributed by atoms with Gasteiger partial charge in [-0.3, -0.25) is 4.79 Å². The minimum Gasteiger partial charge on any atom is -0.385 e. The molecule has 0 saturated carbocycles. The van der Waals surface area contributed by atoms with E-state index < -0.39 is 0 Å². The molecule has 0 spiro atoms. The molecular formula is C15H24N2O. The van der Waals surface area contributed by atoms with Crippen LogP contribution >= 0.6 is 0 Å². The molecule has 0 heterocycles. The lowest BCUT2D eigenvalue weighted by molar-refractivity contribution is 0.0939. The van der Waals surface area contributed by atoms with Crippen molar-refractivity contribution in [2.24, 2.45) is 5.41 Å². The SMILES string of the molecule is CCCNc1ccc(C(=O)NCC(C)(C)C)cc1. The largest absolute Gasteiger partial charge is 0.385 e. The van der Waals surface area contributed by atoms with Crippen molar-refractivity contribution >= 4 is 11.6 Å². The summed E-state index contributed by atoms with van der Waals surface area (Å²) in [7, 11) is 0. The first kappa shape index (κ1) is 14.6. The van der Waals surface area contributed by atoms with Crippen molar-refractivity contribution in [3.05, 3.63) is 29.8 Å². The molecule has 3 heteroatoms. The lowest BCUT2D eigenvalue weighted by atomic mass is 9.97. The molecule has 0 aliphatic rings. The molecule has 1 rings (SSSR count). The van der Waals surface area contributed by atoms with Crippen LogP contribution < -0.4 is 10.6 Å². The Kier molecular flexibility index (Phi) is 5.20. The van der Waals surface area contributed by atoms with Crippen LogP contribution in [0.2, 0.25) is 0 Å². The Labute approximate surface area is 110 Å². The average molecular weight is 248 g/mol. The van der Waals surface area contributed by atoms with Gasteiger partial charge in [-0.25, -0.2) is 0 Å². The highest BCUT2D eigenvalue weighted by atomic mass is 16.1. The van der Waals surface area contributed by atoms with E-state index in [2.05, 4.69) is 38.3 Å². The van der Waals surface area contributed by atoms with Crippen LogP contribution in [0.5, 0.6) is 0 Å². The standard InChI is InChI=1S/C15H24N2O/c1-5-10-16-13-8-6-12(7-9-13)14(18)17-11-15(2,3)4/h6-9,16H,5,10-11H2,1-4H3,(H,17,18). The zero-order valence-corrected chi connectivity index (χ0v) is 11.8. The van der Waals surface area contributed by atoms with Gasteiger partial charge in [0.25, 0.3) is 5.91 Å². The highest BCUT2D eigenvalue weighted by molar-refractivity contribution is 5.94. The van der Waals surface area contributed by atoms with E-state index in [1.54, 1.807) is 0 Å². The molecule has 0 bridgehead atoms. The minimum atomic E-state index is -0.00744. The molecule has 18 heavy (non-hydrogen) atoms. The summed E-state index contributed by atoms with van der Waals surface area (Å²) in [6, 6.07) is 7.61. The summed E-state index contributed by atoms with van der Waals surface area (Å²) in [4.78, 5) is 11.9. The molecule has 0 aliphatic carbocycles. The molecule has 1 amide bonds. The van der Waals surface area contributed by atoms with Gasteiger partial charge in [0.2, 0.25) is 0 Å². The molecule has 2 N–H and O–H groups in total. The van der Waals surface area contributed by atoms with Crippen molar-refractivity contribution in [3.63, 3.8) is 0 Å². The lowest BCUT2D eigenvalue weighted by Gasteiger charge is -2.18. The van der Waals surface area contributed by atoms with Gasteiger partial charge in [-0.15, -0.1) is 0 Å². The summed E-state index contributed by atoms with van der Waals surface area (Å²) in [6.07, 6.45) is 1.09. The lowest BCUT2D eigenvalue weighted by Crippen LogP contribution is -2.32. The fourth-order valence-electron chi connectivity index (χ4n) is 1.46. The molecule has 0 unspecified atom stereocenters. The van der Waals surface area contributed by atoms with E-state index >= 15 is 0 Å². The third kappa shape index (κ3) is 5.21. The van der Waals surface area contributed by atoms with Crippen LogP contribution in [0.25, 0.3) is 0 Å². The van der Waals surface area contributed by atoms with E-state index in [1.807, 2.05) is 24.3 Å². The normalized spacial score (nSPS) is 11.1. The number of anilines is 1. The second kappa shape index (κ2) is 6.43. The molecule has 0 aliphatic heterocycles. The fraction of sp³-hybridized carbons (Fsp3) is 0.533. The summed E-state index contributed by atoms with van der Waals surface area (Å²) >= 11 is 0. The van der Waals surface area contributed by atoms with Gasteiger partial charge in [0.05, 0.1) is 0 Å². The molecule has 1 aromatic carbocycles. The smallest absolute Gasteiger partial charge is 0.251 e. The number of benzene rings is 1. The first-order valence-corrected chi connectivity index (χ1v) is 6.54. The second-order valence-corrected chi connectivity index (χ2v) is 5.75. The number of hydrogen-bond donors (Lipinski definition) is 2. The molecule has 0 aromatic heterocycles. The molecular weight excluding hydrogens is 224 g/mol. The van der Waals surface area contributed by atoms with Crippen molar-refractivity contribution in [1.82, 2.24) is 5.32 Å². The van der Waals surface area contributed by atoms with Crippen molar-refractivity contribution in [3.8, 4) is 0 Å². The first-order valence-electron chi connectivity index (χ1n) is 6.54. The van der Waals surface area contributed by atoms with Crippen LogP contribution in [0, 0.1) is 5.41 Å². The third-order valence-corrected chi connectivity index (χ3v) is 2.51. The number of hydrogen-bond acceptors (Lipinski definition) is 2. The maximum atomic E-state index is 11.9. The van der Waals surface area contributed by atoms with E-state index in [4.69, 9.17) is 0 Å². The minimum absolute atomic E-state index is 0.00744. The summed E-state index contributed by atoms with van der Waals surface area (Å²) in [5.41, 5.74) is 1.88. The predicted molar refractivity (Wildman–Crippen MR) is 77.0 cm³/mol. The van der Waals surface area contributed by atoms with Gasteiger partial charge in [-0.1, -0.05) is 27.7 Å². The Hall–Kier alpha value is -1.51. The Morgan fingerprint density at radius 2 is 1.78 bits per heavy atom. The van der Waals surface area contributed by atoms with Gasteiger partial charge in [0.15, 0.2) is 0 Å². The van der Waals surface area contributed by atoms with E-state index in [1.165, 1.54) is 0 Å². The van der Waals surface area contributed by atoms with Gasteiger partial charge in [-0.2, -0.15) is 0 Å². The van der Waals surface area contributed by atoms with Gasteiger partial charge < -0.3 is 10.6 Å². The van der Waals surface area contributed by atoms with Crippen molar-refractivity contribution in [2.75, 3.05) is 18.4 Å². The number of carbonyl (C=O) groups is 1. The first-order chi connectivity index (χ1) is 8.42. The van der Waals surface area contributed by atoms with Crippen LogP contribution in [0.15, 0.2) is 24.3 Å². The third-order valence-electron chi connectivity index (χ3n) is 2.51. The summed E-state index contributed by atoms with van der Waals surface area (Å²) in [5, 5.41) is 6.23. The van der Waals surface area contributed by atoms with Crippen LogP contribution in [0.1, 0.15) is 44.5 Å². The predicted octanol–water partition coefficient (Wildman–Crippen LogP) is 3.28. The molecule has 0 saturated heterocycles. The number of rotatable bonds is 5. The number of amides is 1. The summed E-state index contributed by atoms with van der Waals surface area (Å²) in [5.74, 6) is -0.00744. The van der Waals surface area contributed by atoms with Crippen LogP contribution in [-0.4, -0.2) is 19.0 Å². The maximum absolute atomic E-state index is 11.9. The molecule has 3 nitrogen and oxygen atoms in total. The topological polar surface area (TPSA) is 41.1 Å². The second-order valence-electron chi connectivity index (χ2n) is 5.75. The Morgan fingerprint density at radius 3 is 2.28 bits per heavy atom. The van der Waals surface area contributed by atoms with Gasteiger partial charge >= 0.3 is 0 Å². The van der Waals surface area contributed by atoms with Gasteiger partial charge in [0.1, 0.15) is 0 Å². The Balaban J connectivity index is 2.54. The molecule has 0 fully saturated rings. The van der Waals surface area contributed by atoms with Gasteiger partial charge in [-0.05, 0) is 36.1 Å². The Morgan fingerprint density at radius 1 is 1.17 bits per heavy atom. The molecule has 0 radical (unpaired) electrons. The highest BCUT2D eigenvalue weighted by Crippen LogP contribution is 2.12. The Bertz CT molecular complexity index is 376. The number of nitrogens with one attached hydrogen (secondary N) is 2. The van der Waals surface area contributed by atoms with Gasteiger partial charge in [0, 0.05) is 24.3 Å². The van der Waals surface area contributed by atoms with Crippen LogP contribution in [0.3, 0.4) is 0 Å². The summed E-state index contributed by atoms with van der Waals surface area (Å²) in [6.45, 7) is 10.1. The van der Waals surface area contributed by atoms with Crippen LogP contribution in [-0.2, 0) is 0 Å². The van der Waals surface area contributed by atoms with Crippen LogP contribution in [0.4, 0.5) is 5.69 Å². The van der Waals surface area contributed by atoms with E-state index in [0.717, 1.165) is 18.7 Å². The highest BCUT2D eigenvalue weighted by Gasteiger charge is 2.12. The molecule has 100 valence electrons. The zero-order valence-electron chi connectivity index (χ0n) is 11.8. The van der Waals surface area contributed by atoms with E-state index in [9.17, 15) is 4.79 Å². The fourth-order valence-corrected chi connectivity index (χ4v) is 1.46. The zero-order chi connectivity index (χ0) is 13.6. The maximum Gasteiger partial charge on any atom is 0.251 e. The quantitative estimate of drug-likeness (QED) is 0.839. The van der Waals surface area contributed by atoms with Crippen molar-refractivity contribution in [2.45, 2.75) is 34.1 Å². The summed E-state index contributed by atoms with van der Waals surface area (Å²) < 4.78 is 0. The molecule has 1 aromatic rings. The van der Waals surface area contributed by atoms with Crippen molar-refractivity contribution < 1.29 is 4.79 Å². The molecule has 0 atom stereocenters. The monoisotopic (exact) mass is 248 g/mol. The van der Waals surface area contributed by atoms with E-state index in [0.29, 0.717) is 12.1 Å². The van der Waals surface area contributed by atoms with Crippen molar-refractivity contribution in [1.29, 1.82) is 0 Å².